The average Bonchev–Trinajstić information content (AvgIpc) is 2.68. The van der Waals surface area contributed by atoms with Gasteiger partial charge in [-0.1, -0.05) is 37.3 Å². The number of carbonyl (C=O) groups is 1. The van der Waals surface area contributed by atoms with Gasteiger partial charge in [0, 0.05) is 6.07 Å². The molecule has 0 radical (unpaired) electrons. The molecule has 1 fully saturated rings. The highest BCUT2D eigenvalue weighted by molar-refractivity contribution is 5.89. The molecule has 1 aromatic rings. The Balaban J connectivity index is 1.94. The lowest BCUT2D eigenvalue weighted by Crippen LogP contribution is -2.10. The van der Waals surface area contributed by atoms with Crippen molar-refractivity contribution in [3.8, 4) is 0 Å². The van der Waals surface area contributed by atoms with Crippen molar-refractivity contribution in [1.82, 2.24) is 5.16 Å². The number of hydrogen-bond donors (Lipinski definition) is 1. The van der Waals surface area contributed by atoms with Crippen LogP contribution in [0.4, 0.5) is 0 Å². The summed E-state index contributed by atoms with van der Waals surface area (Å²) >= 11 is 0. The molecule has 0 bridgehead atoms. The molecule has 82 valence electrons. The van der Waals surface area contributed by atoms with Crippen LogP contribution in [0, 0.1) is 5.92 Å². The number of amides is 1. The van der Waals surface area contributed by atoms with Crippen molar-refractivity contribution in [3.05, 3.63) is 17.5 Å². The molecule has 1 aliphatic rings. The lowest BCUT2D eigenvalue weighted by molar-refractivity contribution is 0.0965. The van der Waals surface area contributed by atoms with Gasteiger partial charge in [-0.25, -0.2) is 0 Å². The molecule has 0 saturated heterocycles. The molecular weight excluding hydrogens is 192 g/mol. The van der Waals surface area contributed by atoms with E-state index in [-0.39, 0.29) is 5.76 Å². The van der Waals surface area contributed by atoms with E-state index in [4.69, 9.17) is 10.3 Å². The number of carbonyl (C=O) groups excluding carboxylic acids is 1. The lowest BCUT2D eigenvalue weighted by Gasteiger charge is -2.19. The Morgan fingerprint density at radius 2 is 2.20 bits per heavy atom. The fourth-order valence-corrected chi connectivity index (χ4v) is 2.21. The third-order valence-corrected chi connectivity index (χ3v) is 3.02. The first kappa shape index (κ1) is 10.2. The van der Waals surface area contributed by atoms with Crippen LogP contribution in [0.25, 0.3) is 0 Å². The fraction of sp³-hybridized carbons (Fsp3) is 0.636. The minimum absolute atomic E-state index is 0.167. The molecule has 15 heavy (non-hydrogen) atoms. The predicted molar refractivity (Wildman–Crippen MR) is 55.3 cm³/mol. The highest BCUT2D eigenvalue weighted by Gasteiger charge is 2.17. The first-order chi connectivity index (χ1) is 7.25. The second kappa shape index (κ2) is 4.47. The Morgan fingerprint density at radius 1 is 1.47 bits per heavy atom. The number of aromatic nitrogens is 1. The monoisotopic (exact) mass is 208 g/mol. The fourth-order valence-electron chi connectivity index (χ4n) is 2.21. The Morgan fingerprint density at radius 3 is 2.80 bits per heavy atom. The van der Waals surface area contributed by atoms with Gasteiger partial charge in [0.1, 0.15) is 0 Å². The van der Waals surface area contributed by atoms with Crippen molar-refractivity contribution in [2.45, 2.75) is 38.5 Å². The van der Waals surface area contributed by atoms with Gasteiger partial charge >= 0.3 is 0 Å². The smallest absolute Gasteiger partial charge is 0.287 e. The summed E-state index contributed by atoms with van der Waals surface area (Å²) < 4.78 is 4.84. The molecule has 4 heteroatoms. The molecule has 1 amide bonds. The minimum Gasteiger partial charge on any atom is -0.363 e. The third kappa shape index (κ3) is 2.58. The van der Waals surface area contributed by atoms with Gasteiger partial charge in [-0.2, -0.15) is 0 Å². The summed E-state index contributed by atoms with van der Waals surface area (Å²) in [7, 11) is 0. The van der Waals surface area contributed by atoms with Gasteiger partial charge in [-0.15, -0.1) is 0 Å². The second-order valence-electron chi connectivity index (χ2n) is 4.25. The number of nitrogens with two attached hydrogens (primary N) is 1. The summed E-state index contributed by atoms with van der Waals surface area (Å²) in [6.07, 6.45) is 7.41. The van der Waals surface area contributed by atoms with Crippen molar-refractivity contribution in [2.24, 2.45) is 11.7 Å². The minimum atomic E-state index is -0.544. The maximum atomic E-state index is 10.8. The zero-order valence-corrected chi connectivity index (χ0v) is 8.74. The van der Waals surface area contributed by atoms with E-state index in [9.17, 15) is 4.79 Å². The normalized spacial score (nSPS) is 17.9. The van der Waals surface area contributed by atoms with Gasteiger partial charge in [-0.05, 0) is 12.3 Å². The summed E-state index contributed by atoms with van der Waals surface area (Å²) in [6, 6.07) is 1.66. The quantitative estimate of drug-likeness (QED) is 0.824. The standard InChI is InChI=1S/C11H16N2O2/c12-11(14)10-7-9(13-15-10)6-8-4-2-1-3-5-8/h7-8H,1-6H2,(H2,12,14). The van der Waals surface area contributed by atoms with Crippen LogP contribution in [0.3, 0.4) is 0 Å². The summed E-state index contributed by atoms with van der Waals surface area (Å²) in [5.41, 5.74) is 5.94. The molecule has 1 saturated carbocycles. The van der Waals surface area contributed by atoms with Crippen LogP contribution in [-0.4, -0.2) is 11.1 Å². The molecule has 2 rings (SSSR count). The topological polar surface area (TPSA) is 69.1 Å². The second-order valence-corrected chi connectivity index (χ2v) is 4.25. The van der Waals surface area contributed by atoms with Gasteiger partial charge in [0.05, 0.1) is 5.69 Å². The third-order valence-electron chi connectivity index (χ3n) is 3.02. The maximum Gasteiger partial charge on any atom is 0.287 e. The highest BCUT2D eigenvalue weighted by atomic mass is 16.5. The largest absolute Gasteiger partial charge is 0.363 e. The predicted octanol–water partition coefficient (Wildman–Crippen LogP) is 1.90. The van der Waals surface area contributed by atoms with Gasteiger partial charge in [-0.3, -0.25) is 4.79 Å². The van der Waals surface area contributed by atoms with Crippen LogP contribution in [0.2, 0.25) is 0 Å². The Bertz CT molecular complexity index is 340. The molecule has 0 aromatic carbocycles. The first-order valence-corrected chi connectivity index (χ1v) is 5.51. The average molecular weight is 208 g/mol. The van der Waals surface area contributed by atoms with Crippen LogP contribution in [0.5, 0.6) is 0 Å². The van der Waals surface area contributed by atoms with E-state index >= 15 is 0 Å². The van der Waals surface area contributed by atoms with Crippen molar-refractivity contribution in [2.75, 3.05) is 0 Å². The van der Waals surface area contributed by atoms with Crippen LogP contribution < -0.4 is 5.73 Å². The SMILES string of the molecule is NC(=O)c1cc(CC2CCCCC2)no1. The summed E-state index contributed by atoms with van der Waals surface area (Å²) in [6.45, 7) is 0. The Labute approximate surface area is 88.8 Å². The summed E-state index contributed by atoms with van der Waals surface area (Å²) in [5, 5.41) is 3.86. The Kier molecular flexibility index (Phi) is 3.04. The zero-order chi connectivity index (χ0) is 10.7. The molecule has 2 N–H and O–H groups in total. The molecule has 0 spiro atoms. The van der Waals surface area contributed by atoms with Crippen LogP contribution >= 0.6 is 0 Å². The van der Waals surface area contributed by atoms with Gasteiger partial charge in [0.15, 0.2) is 0 Å². The van der Waals surface area contributed by atoms with E-state index < -0.39 is 5.91 Å². The first-order valence-electron chi connectivity index (χ1n) is 5.51. The lowest BCUT2D eigenvalue weighted by atomic mass is 9.86. The van der Waals surface area contributed by atoms with Crippen LogP contribution in [0.1, 0.15) is 48.4 Å². The van der Waals surface area contributed by atoms with E-state index in [1.54, 1.807) is 6.07 Å². The van der Waals surface area contributed by atoms with Crippen LogP contribution in [0.15, 0.2) is 10.6 Å². The van der Waals surface area contributed by atoms with E-state index in [1.165, 1.54) is 32.1 Å². The number of nitrogens with zero attached hydrogens (tertiary/aromatic N) is 1. The van der Waals surface area contributed by atoms with Crippen molar-refractivity contribution >= 4 is 5.91 Å². The molecule has 4 nitrogen and oxygen atoms in total. The molecule has 1 aliphatic carbocycles. The van der Waals surface area contributed by atoms with E-state index in [1.807, 2.05) is 0 Å². The van der Waals surface area contributed by atoms with Crippen LogP contribution in [-0.2, 0) is 6.42 Å². The van der Waals surface area contributed by atoms with Crippen molar-refractivity contribution in [3.63, 3.8) is 0 Å². The van der Waals surface area contributed by atoms with Gasteiger partial charge in [0.2, 0.25) is 5.76 Å². The van der Waals surface area contributed by atoms with Gasteiger partial charge < -0.3 is 10.3 Å². The van der Waals surface area contributed by atoms with E-state index in [0.717, 1.165) is 12.1 Å². The summed E-state index contributed by atoms with van der Waals surface area (Å²) in [4.78, 5) is 10.8. The molecular formula is C11H16N2O2. The Hall–Kier alpha value is -1.32. The molecule has 1 heterocycles. The van der Waals surface area contributed by atoms with Crippen molar-refractivity contribution in [1.29, 1.82) is 0 Å². The molecule has 0 unspecified atom stereocenters. The highest BCUT2D eigenvalue weighted by Crippen LogP contribution is 2.26. The van der Waals surface area contributed by atoms with E-state index in [2.05, 4.69) is 5.16 Å². The summed E-state index contributed by atoms with van der Waals surface area (Å²) in [5.74, 6) is 0.322. The maximum absolute atomic E-state index is 10.8. The van der Waals surface area contributed by atoms with E-state index in [0.29, 0.717) is 5.92 Å². The van der Waals surface area contributed by atoms with Gasteiger partial charge in [0.25, 0.3) is 5.91 Å². The van der Waals surface area contributed by atoms with Crippen molar-refractivity contribution < 1.29 is 9.32 Å². The number of rotatable bonds is 3. The molecule has 0 aliphatic heterocycles. The molecule has 0 atom stereocenters. The number of hydrogen-bond acceptors (Lipinski definition) is 3. The number of primary amides is 1. The zero-order valence-electron chi connectivity index (χ0n) is 8.74. The molecule has 1 aromatic heterocycles.